The number of sulfonamides is 1. The Labute approximate surface area is 228 Å². The van der Waals surface area contributed by atoms with E-state index in [2.05, 4.69) is 29.4 Å². The molecule has 1 aliphatic heterocycles. The number of amides is 1. The molecule has 1 saturated heterocycles. The van der Waals surface area contributed by atoms with Crippen molar-refractivity contribution in [1.82, 2.24) is 14.2 Å². The summed E-state index contributed by atoms with van der Waals surface area (Å²) in [5, 5.41) is 0.988. The quantitative estimate of drug-likeness (QED) is 0.332. The van der Waals surface area contributed by atoms with Gasteiger partial charge in [0.2, 0.25) is 10.0 Å². The van der Waals surface area contributed by atoms with Gasteiger partial charge in [-0.3, -0.25) is 4.79 Å². The topological polar surface area (TPSA) is 73.8 Å². The molecule has 10 heteroatoms. The molecule has 3 aromatic rings. The maximum Gasteiger partial charge on any atom is 0.253 e. The normalized spacial score (nSPS) is 14.9. The number of carbonyl (C=O) groups excluding carboxylic acids is 1. The molecule has 0 spiro atoms. The molecule has 0 atom stereocenters. The summed E-state index contributed by atoms with van der Waals surface area (Å²) in [4.78, 5) is 23.5. The van der Waals surface area contributed by atoms with Crippen molar-refractivity contribution in [3.8, 4) is 0 Å². The van der Waals surface area contributed by atoms with Crippen molar-refractivity contribution in [2.24, 2.45) is 11.8 Å². The summed E-state index contributed by atoms with van der Waals surface area (Å²) in [5.41, 5.74) is 1.52. The van der Waals surface area contributed by atoms with Crippen molar-refractivity contribution in [2.75, 3.05) is 50.4 Å². The van der Waals surface area contributed by atoms with Crippen LogP contribution in [0.1, 0.15) is 38.1 Å². The largest absolute Gasteiger partial charge is 0.345 e. The molecule has 200 valence electrons. The lowest BCUT2D eigenvalue weighted by Gasteiger charge is -2.34. The molecular formula is C27H36N4O3S3. The smallest absolute Gasteiger partial charge is 0.253 e. The van der Waals surface area contributed by atoms with Gasteiger partial charge in [0.05, 0.1) is 15.1 Å². The first-order chi connectivity index (χ1) is 17.6. The minimum absolute atomic E-state index is 0.0706. The Balaban J connectivity index is 1.41. The van der Waals surface area contributed by atoms with Gasteiger partial charge in [0.1, 0.15) is 0 Å². The molecule has 0 saturated carbocycles. The van der Waals surface area contributed by atoms with Gasteiger partial charge in [0.25, 0.3) is 5.91 Å². The molecular weight excluding hydrogens is 525 g/mol. The number of anilines is 1. The second kappa shape index (κ2) is 11.7. The molecule has 7 nitrogen and oxygen atoms in total. The number of thiazole rings is 1. The van der Waals surface area contributed by atoms with Crippen LogP contribution in [0.4, 0.5) is 5.13 Å². The van der Waals surface area contributed by atoms with Gasteiger partial charge in [-0.05, 0) is 60.6 Å². The number of fused-ring (bicyclic) bond motifs is 1. The lowest BCUT2D eigenvalue weighted by Crippen LogP contribution is -2.48. The monoisotopic (exact) mass is 560 g/mol. The van der Waals surface area contributed by atoms with E-state index in [1.807, 2.05) is 32.6 Å². The first-order valence-electron chi connectivity index (χ1n) is 12.7. The van der Waals surface area contributed by atoms with Gasteiger partial charge in [-0.15, -0.1) is 11.8 Å². The summed E-state index contributed by atoms with van der Waals surface area (Å²) in [5.74, 6) is 0.381. The van der Waals surface area contributed by atoms with Gasteiger partial charge in [0, 0.05) is 49.7 Å². The highest BCUT2D eigenvalue weighted by molar-refractivity contribution is 7.98. The Hall–Kier alpha value is -2.14. The zero-order valence-corrected chi connectivity index (χ0v) is 24.6. The fourth-order valence-corrected chi connectivity index (χ4v) is 7.78. The Morgan fingerprint density at radius 3 is 2.19 bits per heavy atom. The van der Waals surface area contributed by atoms with Crippen LogP contribution < -0.4 is 4.90 Å². The molecule has 4 rings (SSSR count). The van der Waals surface area contributed by atoms with E-state index in [9.17, 15) is 13.2 Å². The van der Waals surface area contributed by atoms with E-state index in [-0.39, 0.29) is 22.6 Å². The summed E-state index contributed by atoms with van der Waals surface area (Å²) in [6.45, 7) is 11.6. The Morgan fingerprint density at radius 2 is 1.62 bits per heavy atom. The standard InChI is InChI=1S/C27H36N4O3S3/c1-19(2)17-31(18-20(3)4)37(33,34)23-9-6-21(7-10-23)26(32)29-12-14-30(15-13-29)27-28-24-11-8-22(35-5)16-25(24)36-27/h6-11,16,19-20H,12-15,17-18H2,1-5H3. The molecule has 0 bridgehead atoms. The second-order valence-electron chi connectivity index (χ2n) is 10.2. The molecule has 2 aromatic carbocycles. The van der Waals surface area contributed by atoms with Crippen LogP contribution in [0.3, 0.4) is 0 Å². The van der Waals surface area contributed by atoms with E-state index in [4.69, 9.17) is 4.98 Å². The predicted octanol–water partition coefficient (Wildman–Crippen LogP) is 5.28. The molecule has 0 radical (unpaired) electrons. The van der Waals surface area contributed by atoms with Crippen LogP contribution in [-0.2, 0) is 10.0 Å². The molecule has 1 fully saturated rings. The fourth-order valence-electron chi connectivity index (χ4n) is 4.44. The number of piperazine rings is 1. The number of thioether (sulfide) groups is 1. The number of benzene rings is 2. The van der Waals surface area contributed by atoms with Gasteiger partial charge in [-0.2, -0.15) is 4.31 Å². The zero-order chi connectivity index (χ0) is 26.7. The first-order valence-corrected chi connectivity index (χ1v) is 16.2. The minimum atomic E-state index is -3.62. The van der Waals surface area contributed by atoms with Crippen LogP contribution in [0.15, 0.2) is 52.3 Å². The van der Waals surface area contributed by atoms with E-state index in [1.54, 1.807) is 51.7 Å². The summed E-state index contributed by atoms with van der Waals surface area (Å²) in [7, 11) is -3.62. The molecule has 2 heterocycles. The maximum absolute atomic E-state index is 13.3. The SMILES string of the molecule is CSc1ccc2nc(N3CCN(C(=O)c4ccc(S(=O)(=O)N(CC(C)C)CC(C)C)cc4)CC3)sc2c1. The van der Waals surface area contributed by atoms with Crippen molar-refractivity contribution in [2.45, 2.75) is 37.5 Å². The third kappa shape index (κ3) is 6.47. The molecule has 1 aliphatic rings. The van der Waals surface area contributed by atoms with E-state index in [1.165, 1.54) is 9.60 Å². The summed E-state index contributed by atoms with van der Waals surface area (Å²) < 4.78 is 29.3. The molecule has 1 amide bonds. The summed E-state index contributed by atoms with van der Waals surface area (Å²) in [6.07, 6.45) is 2.07. The maximum atomic E-state index is 13.3. The van der Waals surface area contributed by atoms with Crippen LogP contribution in [0.2, 0.25) is 0 Å². The van der Waals surface area contributed by atoms with Gasteiger partial charge >= 0.3 is 0 Å². The minimum Gasteiger partial charge on any atom is -0.345 e. The number of hydrogen-bond donors (Lipinski definition) is 0. The average Bonchev–Trinajstić information content (AvgIpc) is 3.31. The van der Waals surface area contributed by atoms with E-state index >= 15 is 0 Å². The first kappa shape index (κ1) is 27.9. The van der Waals surface area contributed by atoms with Crippen molar-refractivity contribution >= 4 is 54.4 Å². The van der Waals surface area contributed by atoms with E-state index in [0.717, 1.165) is 10.6 Å². The second-order valence-corrected chi connectivity index (χ2v) is 14.1. The predicted molar refractivity (Wildman–Crippen MR) is 154 cm³/mol. The highest BCUT2D eigenvalue weighted by Crippen LogP contribution is 2.32. The van der Waals surface area contributed by atoms with Crippen LogP contribution in [0.25, 0.3) is 10.2 Å². The van der Waals surface area contributed by atoms with Crippen LogP contribution in [0.5, 0.6) is 0 Å². The number of rotatable bonds is 9. The number of nitrogens with zero attached hydrogens (tertiary/aromatic N) is 4. The van der Waals surface area contributed by atoms with Gasteiger partial charge < -0.3 is 9.80 Å². The van der Waals surface area contributed by atoms with Crippen molar-refractivity contribution in [3.05, 3.63) is 48.0 Å². The van der Waals surface area contributed by atoms with E-state index in [0.29, 0.717) is 44.8 Å². The fraction of sp³-hybridized carbons (Fsp3) is 0.481. The molecule has 0 unspecified atom stereocenters. The molecule has 0 aliphatic carbocycles. The number of aromatic nitrogens is 1. The Bertz CT molecular complexity index is 1320. The number of hydrogen-bond acceptors (Lipinski definition) is 7. The molecule has 37 heavy (non-hydrogen) atoms. The highest BCUT2D eigenvalue weighted by atomic mass is 32.2. The Morgan fingerprint density at radius 1 is 1.00 bits per heavy atom. The lowest BCUT2D eigenvalue weighted by molar-refractivity contribution is 0.0746. The number of carbonyl (C=O) groups is 1. The Kier molecular flexibility index (Phi) is 8.83. The van der Waals surface area contributed by atoms with Crippen LogP contribution in [-0.4, -0.2) is 74.0 Å². The van der Waals surface area contributed by atoms with Crippen molar-refractivity contribution in [3.63, 3.8) is 0 Å². The highest BCUT2D eigenvalue weighted by Gasteiger charge is 2.27. The summed E-state index contributed by atoms with van der Waals surface area (Å²) >= 11 is 3.41. The third-order valence-electron chi connectivity index (χ3n) is 6.30. The van der Waals surface area contributed by atoms with Crippen molar-refractivity contribution in [1.29, 1.82) is 0 Å². The van der Waals surface area contributed by atoms with Gasteiger partial charge in [-0.25, -0.2) is 13.4 Å². The van der Waals surface area contributed by atoms with Gasteiger partial charge in [0.15, 0.2) is 5.13 Å². The summed E-state index contributed by atoms with van der Waals surface area (Å²) in [6, 6.07) is 12.7. The van der Waals surface area contributed by atoms with Gasteiger partial charge in [-0.1, -0.05) is 39.0 Å². The lowest BCUT2D eigenvalue weighted by atomic mass is 10.2. The molecule has 1 aromatic heterocycles. The average molecular weight is 561 g/mol. The van der Waals surface area contributed by atoms with Crippen LogP contribution >= 0.6 is 23.1 Å². The van der Waals surface area contributed by atoms with E-state index < -0.39 is 10.0 Å². The zero-order valence-electron chi connectivity index (χ0n) is 22.2. The third-order valence-corrected chi connectivity index (χ3v) is 9.95. The van der Waals surface area contributed by atoms with Crippen molar-refractivity contribution < 1.29 is 13.2 Å². The van der Waals surface area contributed by atoms with Crippen LogP contribution in [0, 0.1) is 11.8 Å². The molecule has 0 N–H and O–H groups in total.